The van der Waals surface area contributed by atoms with Crippen molar-refractivity contribution in [3.63, 3.8) is 0 Å². The quantitative estimate of drug-likeness (QED) is 0.777. The molecular weight excluding hydrogens is 270 g/mol. The summed E-state index contributed by atoms with van der Waals surface area (Å²) >= 11 is 3.46. The summed E-state index contributed by atoms with van der Waals surface area (Å²) in [6, 6.07) is 1.91. The zero-order valence-electron chi connectivity index (χ0n) is 9.56. The number of anilines is 1. The summed E-state index contributed by atoms with van der Waals surface area (Å²) in [6.45, 7) is 5.76. The number of alkyl halides is 1. The lowest BCUT2D eigenvalue weighted by Crippen LogP contribution is -2.48. The van der Waals surface area contributed by atoms with Gasteiger partial charge in [0.05, 0.1) is 12.2 Å². The van der Waals surface area contributed by atoms with E-state index in [0.717, 1.165) is 30.1 Å². The molecule has 1 fully saturated rings. The summed E-state index contributed by atoms with van der Waals surface area (Å²) in [4.78, 5) is 10.9. The Kier molecular flexibility index (Phi) is 3.76. The molecule has 88 valence electrons. The molecule has 0 radical (unpaired) electrons. The van der Waals surface area contributed by atoms with Crippen molar-refractivity contribution in [2.24, 2.45) is 0 Å². The van der Waals surface area contributed by atoms with Crippen LogP contribution >= 0.6 is 15.9 Å². The largest absolute Gasteiger partial charge is 0.371 e. The van der Waals surface area contributed by atoms with E-state index in [1.807, 2.05) is 13.0 Å². The minimum atomic E-state index is 0.216. The second-order valence-corrected chi connectivity index (χ2v) is 4.77. The van der Waals surface area contributed by atoms with Crippen LogP contribution in [0.15, 0.2) is 12.3 Å². The molecule has 0 aliphatic carbocycles. The molecule has 2 rings (SSSR count). The van der Waals surface area contributed by atoms with Crippen molar-refractivity contribution in [2.45, 2.75) is 26.1 Å². The van der Waals surface area contributed by atoms with Gasteiger partial charge in [-0.25, -0.2) is 9.97 Å². The zero-order valence-corrected chi connectivity index (χ0v) is 11.1. The molecule has 0 saturated carbocycles. The van der Waals surface area contributed by atoms with E-state index in [9.17, 15) is 0 Å². The molecule has 1 aromatic rings. The average molecular weight is 286 g/mol. The molecule has 0 amide bonds. The van der Waals surface area contributed by atoms with Crippen LogP contribution < -0.4 is 4.90 Å². The van der Waals surface area contributed by atoms with E-state index in [1.165, 1.54) is 0 Å². The normalized spacial score (nSPS) is 25.8. The lowest BCUT2D eigenvalue weighted by Gasteiger charge is -2.36. The fourth-order valence-corrected chi connectivity index (χ4v) is 2.24. The number of hydrogen-bond donors (Lipinski definition) is 0. The summed E-state index contributed by atoms with van der Waals surface area (Å²) < 4.78 is 5.77. The fourth-order valence-electron chi connectivity index (χ4n) is 1.88. The lowest BCUT2D eigenvalue weighted by atomic mass is 10.2. The van der Waals surface area contributed by atoms with Crippen LogP contribution in [0.25, 0.3) is 0 Å². The third-order valence-corrected chi connectivity index (χ3v) is 3.29. The van der Waals surface area contributed by atoms with Gasteiger partial charge in [0.15, 0.2) is 0 Å². The van der Waals surface area contributed by atoms with Crippen molar-refractivity contribution >= 4 is 21.9 Å². The molecule has 1 aliphatic heterocycles. The van der Waals surface area contributed by atoms with Gasteiger partial charge in [-0.2, -0.15) is 0 Å². The maximum Gasteiger partial charge on any atom is 0.225 e. The molecule has 5 heteroatoms. The van der Waals surface area contributed by atoms with Crippen LogP contribution in [0.3, 0.4) is 0 Å². The van der Waals surface area contributed by atoms with E-state index in [0.29, 0.717) is 0 Å². The molecule has 0 N–H and O–H groups in total. The smallest absolute Gasteiger partial charge is 0.225 e. The second kappa shape index (κ2) is 5.10. The molecule has 1 aromatic heterocycles. The number of rotatable bonds is 2. The summed E-state index contributed by atoms with van der Waals surface area (Å²) in [5, 5.41) is 0.847. The van der Waals surface area contributed by atoms with E-state index < -0.39 is 0 Å². The van der Waals surface area contributed by atoms with Crippen LogP contribution in [0, 0.1) is 6.92 Å². The maximum atomic E-state index is 5.77. The average Bonchev–Trinajstić information content (AvgIpc) is 2.28. The molecule has 16 heavy (non-hydrogen) atoms. The van der Waals surface area contributed by atoms with Crippen LogP contribution in [0.4, 0.5) is 5.95 Å². The number of aromatic nitrogens is 2. The molecule has 2 atom stereocenters. The van der Waals surface area contributed by atoms with Crippen molar-refractivity contribution in [1.82, 2.24) is 9.97 Å². The number of aryl methyl sites for hydroxylation is 1. The minimum absolute atomic E-state index is 0.216. The predicted octanol–water partition coefficient (Wildman–Crippen LogP) is 1.77. The first-order chi connectivity index (χ1) is 7.69. The molecule has 0 bridgehead atoms. The molecular formula is C11H16BrN3O. The van der Waals surface area contributed by atoms with E-state index >= 15 is 0 Å². The van der Waals surface area contributed by atoms with Crippen molar-refractivity contribution in [3.05, 3.63) is 18.0 Å². The van der Waals surface area contributed by atoms with Gasteiger partial charge in [0.25, 0.3) is 0 Å². The number of hydrogen-bond acceptors (Lipinski definition) is 4. The van der Waals surface area contributed by atoms with Gasteiger partial charge in [-0.1, -0.05) is 15.9 Å². The van der Waals surface area contributed by atoms with E-state index in [4.69, 9.17) is 4.74 Å². The Labute approximate surface area is 104 Å². The van der Waals surface area contributed by atoms with E-state index in [-0.39, 0.29) is 12.2 Å². The van der Waals surface area contributed by atoms with Crippen LogP contribution in [-0.4, -0.2) is 40.6 Å². The third-order valence-electron chi connectivity index (χ3n) is 2.56. The number of halogens is 1. The third kappa shape index (κ3) is 2.71. The summed E-state index contributed by atoms with van der Waals surface area (Å²) in [6.07, 6.45) is 2.24. The molecule has 0 aromatic carbocycles. The van der Waals surface area contributed by atoms with Gasteiger partial charge < -0.3 is 9.64 Å². The number of nitrogens with zero attached hydrogens (tertiary/aromatic N) is 3. The Bertz CT molecular complexity index is 361. The molecule has 1 aliphatic rings. The van der Waals surface area contributed by atoms with E-state index in [1.54, 1.807) is 6.20 Å². The van der Waals surface area contributed by atoms with Crippen LogP contribution in [-0.2, 0) is 4.74 Å². The summed E-state index contributed by atoms with van der Waals surface area (Å²) in [5.74, 6) is 0.807. The van der Waals surface area contributed by atoms with Crippen molar-refractivity contribution < 1.29 is 4.74 Å². The summed E-state index contributed by atoms with van der Waals surface area (Å²) in [7, 11) is 0. The van der Waals surface area contributed by atoms with Gasteiger partial charge in [0, 0.05) is 30.3 Å². The molecule has 4 nitrogen and oxygen atoms in total. The standard InChI is InChI=1S/C11H16BrN3O/c1-8-3-4-13-11(14-8)15-6-9(2)16-10(5-12)7-15/h3-4,9-10H,5-7H2,1-2H3. The van der Waals surface area contributed by atoms with Crippen molar-refractivity contribution in [3.8, 4) is 0 Å². The highest BCUT2D eigenvalue weighted by molar-refractivity contribution is 9.09. The first-order valence-electron chi connectivity index (χ1n) is 5.45. The zero-order chi connectivity index (χ0) is 11.5. The van der Waals surface area contributed by atoms with E-state index in [2.05, 4.69) is 37.7 Å². The van der Waals surface area contributed by atoms with Crippen LogP contribution in [0.2, 0.25) is 0 Å². The Morgan fingerprint density at radius 1 is 1.56 bits per heavy atom. The highest BCUT2D eigenvalue weighted by Gasteiger charge is 2.25. The van der Waals surface area contributed by atoms with Gasteiger partial charge in [-0.15, -0.1) is 0 Å². The Morgan fingerprint density at radius 2 is 2.38 bits per heavy atom. The Hall–Kier alpha value is -0.680. The lowest BCUT2D eigenvalue weighted by molar-refractivity contribution is -0.00250. The van der Waals surface area contributed by atoms with Crippen molar-refractivity contribution in [2.75, 3.05) is 23.3 Å². The minimum Gasteiger partial charge on any atom is -0.371 e. The van der Waals surface area contributed by atoms with Gasteiger partial charge in [-0.3, -0.25) is 0 Å². The topological polar surface area (TPSA) is 38.2 Å². The fraction of sp³-hybridized carbons (Fsp3) is 0.636. The number of ether oxygens (including phenoxy) is 1. The first-order valence-corrected chi connectivity index (χ1v) is 6.57. The highest BCUT2D eigenvalue weighted by atomic mass is 79.9. The predicted molar refractivity (Wildman–Crippen MR) is 67.1 cm³/mol. The van der Waals surface area contributed by atoms with Gasteiger partial charge in [0.2, 0.25) is 5.95 Å². The maximum absolute atomic E-state index is 5.77. The molecule has 2 heterocycles. The Balaban J connectivity index is 2.14. The molecule has 2 unspecified atom stereocenters. The first kappa shape index (κ1) is 11.8. The van der Waals surface area contributed by atoms with Gasteiger partial charge in [-0.05, 0) is 19.9 Å². The summed E-state index contributed by atoms with van der Waals surface area (Å²) in [5.41, 5.74) is 1.000. The number of morpholine rings is 1. The SMILES string of the molecule is Cc1ccnc(N2CC(C)OC(CBr)C2)n1. The molecule has 1 saturated heterocycles. The highest BCUT2D eigenvalue weighted by Crippen LogP contribution is 2.17. The monoisotopic (exact) mass is 285 g/mol. The molecule has 0 spiro atoms. The van der Waals surface area contributed by atoms with Crippen LogP contribution in [0.5, 0.6) is 0 Å². The van der Waals surface area contributed by atoms with Gasteiger partial charge >= 0.3 is 0 Å². The second-order valence-electron chi connectivity index (χ2n) is 4.13. The van der Waals surface area contributed by atoms with Crippen LogP contribution in [0.1, 0.15) is 12.6 Å². The van der Waals surface area contributed by atoms with Gasteiger partial charge in [0.1, 0.15) is 0 Å². The van der Waals surface area contributed by atoms with Crippen molar-refractivity contribution in [1.29, 1.82) is 0 Å². The Morgan fingerprint density at radius 3 is 3.06 bits per heavy atom.